The first-order valence-corrected chi connectivity index (χ1v) is 4.98. The van der Waals surface area contributed by atoms with Crippen molar-refractivity contribution < 1.29 is 4.39 Å². The maximum atomic E-state index is 13.0. The Hall–Kier alpha value is -1.97. The fraction of sp³-hybridized carbons (Fsp3) is 0.167. The molecule has 0 aliphatic heterocycles. The highest BCUT2D eigenvalue weighted by Gasteiger charge is 2.03. The fourth-order valence-electron chi connectivity index (χ4n) is 1.61. The van der Waals surface area contributed by atoms with Crippen LogP contribution in [0.25, 0.3) is 10.9 Å². The molecule has 0 radical (unpaired) electrons. The monoisotopic (exact) mass is 218 g/mol. The van der Waals surface area contributed by atoms with Crippen LogP contribution in [0.4, 0.5) is 4.39 Å². The van der Waals surface area contributed by atoms with Crippen molar-refractivity contribution in [1.82, 2.24) is 9.55 Å². The van der Waals surface area contributed by atoms with Crippen LogP contribution in [0, 0.1) is 5.82 Å². The van der Waals surface area contributed by atoms with Gasteiger partial charge in [-0.15, -0.1) is 6.58 Å². The zero-order valence-corrected chi connectivity index (χ0v) is 8.69. The van der Waals surface area contributed by atoms with Crippen molar-refractivity contribution in [2.45, 2.75) is 13.0 Å². The Morgan fingerprint density at radius 3 is 3.06 bits per heavy atom. The molecule has 1 aromatic carbocycles. The van der Waals surface area contributed by atoms with Crippen molar-refractivity contribution in [1.29, 1.82) is 0 Å². The Labute approximate surface area is 91.9 Å². The second-order valence-electron chi connectivity index (χ2n) is 3.47. The quantitative estimate of drug-likeness (QED) is 0.739. The third-order valence-corrected chi connectivity index (χ3v) is 2.38. The number of halogens is 1. The van der Waals surface area contributed by atoms with Gasteiger partial charge >= 0.3 is 5.69 Å². The third kappa shape index (κ3) is 1.86. The summed E-state index contributed by atoms with van der Waals surface area (Å²) in [7, 11) is 0. The lowest BCUT2D eigenvalue weighted by atomic mass is 10.2. The molecule has 0 fully saturated rings. The van der Waals surface area contributed by atoms with E-state index in [0.29, 0.717) is 23.9 Å². The van der Waals surface area contributed by atoms with Gasteiger partial charge < -0.3 is 0 Å². The average Bonchev–Trinajstić information content (AvgIpc) is 2.28. The maximum Gasteiger partial charge on any atom is 0.348 e. The molecule has 0 saturated carbocycles. The topological polar surface area (TPSA) is 34.9 Å². The van der Waals surface area contributed by atoms with E-state index < -0.39 is 0 Å². The lowest BCUT2D eigenvalue weighted by molar-refractivity contribution is 0.628. The van der Waals surface area contributed by atoms with E-state index in [-0.39, 0.29) is 11.5 Å². The maximum absolute atomic E-state index is 13.0. The summed E-state index contributed by atoms with van der Waals surface area (Å²) in [6, 6.07) is 4.30. The number of hydrogen-bond acceptors (Lipinski definition) is 2. The number of benzene rings is 1. The standard InChI is InChI=1S/C12H11FN2O/c1-2-3-6-15-11-5-4-10(13)7-9(11)8-14-12(15)16/h2,4-5,7-8H,1,3,6H2. The summed E-state index contributed by atoms with van der Waals surface area (Å²) < 4.78 is 14.5. The molecule has 0 bridgehead atoms. The van der Waals surface area contributed by atoms with Crippen molar-refractivity contribution in [2.75, 3.05) is 0 Å². The molecule has 3 nitrogen and oxygen atoms in total. The fourth-order valence-corrected chi connectivity index (χ4v) is 1.61. The van der Waals surface area contributed by atoms with Gasteiger partial charge in [-0.2, -0.15) is 0 Å². The van der Waals surface area contributed by atoms with Crippen molar-refractivity contribution in [3.05, 3.63) is 53.4 Å². The molecule has 1 heterocycles. The van der Waals surface area contributed by atoms with E-state index in [9.17, 15) is 9.18 Å². The van der Waals surface area contributed by atoms with E-state index in [1.54, 1.807) is 12.1 Å². The number of allylic oxidation sites excluding steroid dienone is 1. The van der Waals surface area contributed by atoms with Gasteiger partial charge in [-0.3, -0.25) is 4.57 Å². The van der Waals surface area contributed by atoms with Crippen LogP contribution in [0.15, 0.2) is 41.8 Å². The molecule has 0 unspecified atom stereocenters. The first kappa shape index (κ1) is 10.5. The lowest BCUT2D eigenvalue weighted by Gasteiger charge is -2.07. The molecule has 0 spiro atoms. The predicted octanol–water partition coefficient (Wildman–Crippen LogP) is 2.11. The van der Waals surface area contributed by atoms with Crippen LogP contribution in [0.1, 0.15) is 6.42 Å². The highest BCUT2D eigenvalue weighted by molar-refractivity contribution is 5.77. The van der Waals surface area contributed by atoms with Gasteiger partial charge in [0.25, 0.3) is 0 Å². The number of fused-ring (bicyclic) bond motifs is 1. The minimum Gasteiger partial charge on any atom is -0.292 e. The summed E-state index contributed by atoms with van der Waals surface area (Å²) in [5, 5.41) is 0.628. The van der Waals surface area contributed by atoms with Crippen molar-refractivity contribution >= 4 is 10.9 Å². The van der Waals surface area contributed by atoms with Crippen LogP contribution in [0.5, 0.6) is 0 Å². The number of nitrogens with zero attached hydrogens (tertiary/aromatic N) is 2. The minimum absolute atomic E-state index is 0.319. The number of aryl methyl sites for hydroxylation is 1. The predicted molar refractivity (Wildman–Crippen MR) is 60.8 cm³/mol. The summed E-state index contributed by atoms with van der Waals surface area (Å²) in [5.41, 5.74) is 0.379. The molecule has 0 aliphatic rings. The highest BCUT2D eigenvalue weighted by atomic mass is 19.1. The first-order chi connectivity index (χ1) is 7.72. The zero-order valence-electron chi connectivity index (χ0n) is 8.69. The molecule has 2 rings (SSSR count). The van der Waals surface area contributed by atoms with Gasteiger partial charge in [-0.05, 0) is 24.6 Å². The molecule has 82 valence electrons. The van der Waals surface area contributed by atoms with Crippen LogP contribution < -0.4 is 5.69 Å². The smallest absolute Gasteiger partial charge is 0.292 e. The SMILES string of the molecule is C=CCCn1c(=O)ncc2cc(F)ccc21. The summed E-state index contributed by atoms with van der Waals surface area (Å²) in [5.74, 6) is -0.330. The third-order valence-electron chi connectivity index (χ3n) is 2.38. The molecule has 0 N–H and O–H groups in total. The van der Waals surface area contributed by atoms with Crippen molar-refractivity contribution in [3.63, 3.8) is 0 Å². The van der Waals surface area contributed by atoms with Crippen LogP contribution >= 0.6 is 0 Å². The summed E-state index contributed by atoms with van der Waals surface area (Å²) in [4.78, 5) is 15.3. The van der Waals surface area contributed by atoms with Crippen LogP contribution in [0.3, 0.4) is 0 Å². The largest absolute Gasteiger partial charge is 0.348 e. The van der Waals surface area contributed by atoms with E-state index >= 15 is 0 Å². The Morgan fingerprint density at radius 2 is 2.31 bits per heavy atom. The number of hydrogen-bond donors (Lipinski definition) is 0. The normalized spacial score (nSPS) is 10.6. The van der Waals surface area contributed by atoms with E-state index in [1.165, 1.54) is 22.9 Å². The van der Waals surface area contributed by atoms with Gasteiger partial charge in [-0.25, -0.2) is 14.2 Å². The van der Waals surface area contributed by atoms with E-state index in [2.05, 4.69) is 11.6 Å². The van der Waals surface area contributed by atoms with E-state index in [4.69, 9.17) is 0 Å². The highest BCUT2D eigenvalue weighted by Crippen LogP contribution is 2.12. The van der Waals surface area contributed by atoms with E-state index in [0.717, 1.165) is 0 Å². The first-order valence-electron chi connectivity index (χ1n) is 4.98. The van der Waals surface area contributed by atoms with Gasteiger partial charge in [0, 0.05) is 18.1 Å². The Balaban J connectivity index is 2.64. The van der Waals surface area contributed by atoms with Gasteiger partial charge in [0.15, 0.2) is 0 Å². The molecular formula is C12H11FN2O. The van der Waals surface area contributed by atoms with E-state index in [1.807, 2.05) is 0 Å². The van der Waals surface area contributed by atoms with Gasteiger partial charge in [0.2, 0.25) is 0 Å². The Morgan fingerprint density at radius 1 is 1.50 bits per heavy atom. The van der Waals surface area contributed by atoms with Crippen molar-refractivity contribution in [3.8, 4) is 0 Å². The zero-order chi connectivity index (χ0) is 11.5. The van der Waals surface area contributed by atoms with Crippen LogP contribution in [-0.2, 0) is 6.54 Å². The molecular weight excluding hydrogens is 207 g/mol. The minimum atomic E-state index is -0.330. The van der Waals surface area contributed by atoms with Gasteiger partial charge in [0.05, 0.1) is 5.52 Å². The molecule has 2 aromatic rings. The van der Waals surface area contributed by atoms with Crippen LogP contribution in [-0.4, -0.2) is 9.55 Å². The Kier molecular flexibility index (Phi) is 2.81. The molecule has 0 aliphatic carbocycles. The molecule has 1 aromatic heterocycles. The molecule has 0 amide bonds. The van der Waals surface area contributed by atoms with Crippen LogP contribution in [0.2, 0.25) is 0 Å². The molecule has 4 heteroatoms. The average molecular weight is 218 g/mol. The number of aromatic nitrogens is 2. The summed E-state index contributed by atoms with van der Waals surface area (Å²) in [6.07, 6.45) is 3.80. The number of rotatable bonds is 3. The van der Waals surface area contributed by atoms with Crippen molar-refractivity contribution in [2.24, 2.45) is 0 Å². The lowest BCUT2D eigenvalue weighted by Crippen LogP contribution is -2.22. The molecule has 0 saturated heterocycles. The Bertz CT molecular complexity index is 589. The molecule has 16 heavy (non-hydrogen) atoms. The summed E-state index contributed by atoms with van der Waals surface area (Å²) >= 11 is 0. The second-order valence-corrected chi connectivity index (χ2v) is 3.47. The molecule has 0 atom stereocenters. The summed E-state index contributed by atoms with van der Waals surface area (Å²) in [6.45, 7) is 4.12. The van der Waals surface area contributed by atoms with Gasteiger partial charge in [0.1, 0.15) is 5.82 Å². The second kappa shape index (κ2) is 4.26. The van der Waals surface area contributed by atoms with Gasteiger partial charge in [-0.1, -0.05) is 6.08 Å².